The lowest BCUT2D eigenvalue weighted by Gasteiger charge is -2.16. The first-order valence-electron chi connectivity index (χ1n) is 11.7. The van der Waals surface area contributed by atoms with Gasteiger partial charge in [0.25, 0.3) is 0 Å². The Balaban J connectivity index is 1.16. The fourth-order valence-corrected chi connectivity index (χ4v) is 5.05. The third-order valence-corrected chi connectivity index (χ3v) is 7.23. The lowest BCUT2D eigenvalue weighted by Crippen LogP contribution is -2.39. The lowest BCUT2D eigenvalue weighted by atomic mass is 10.0. The number of aliphatic hydroxyl groups excluding tert-OH is 2. The van der Waals surface area contributed by atoms with Gasteiger partial charge in [0, 0.05) is 29.5 Å². The number of allylic oxidation sites excluding steroid dienone is 1. The van der Waals surface area contributed by atoms with E-state index in [1.165, 1.54) is 23.3 Å². The summed E-state index contributed by atoms with van der Waals surface area (Å²) in [6.45, 7) is -0.317. The smallest absolute Gasteiger partial charge is 0.233 e. The van der Waals surface area contributed by atoms with Crippen LogP contribution in [0.25, 0.3) is 22.6 Å². The third kappa shape index (κ3) is 5.52. The van der Waals surface area contributed by atoms with Crippen LogP contribution in [0.5, 0.6) is 0 Å². The number of nitrogens with one attached hydrogen (secondary N) is 2. The molecule has 0 amide bonds. The van der Waals surface area contributed by atoms with E-state index in [4.69, 9.17) is 10.5 Å². The van der Waals surface area contributed by atoms with Gasteiger partial charge in [0.2, 0.25) is 15.8 Å². The number of fused-ring (bicyclic) bond motifs is 1. The third-order valence-electron chi connectivity index (χ3n) is 6.11. The van der Waals surface area contributed by atoms with Gasteiger partial charge in [-0.2, -0.15) is 5.21 Å². The Hall–Kier alpha value is -4.16. The van der Waals surface area contributed by atoms with E-state index in [0.717, 1.165) is 5.41 Å². The summed E-state index contributed by atoms with van der Waals surface area (Å²) < 4.78 is 34.4. The van der Waals surface area contributed by atoms with E-state index < -0.39 is 34.6 Å². The highest BCUT2D eigenvalue weighted by molar-refractivity contribution is 7.92. The summed E-state index contributed by atoms with van der Waals surface area (Å²) in [5.74, 6) is 0.205. The molecule has 1 aromatic carbocycles. The van der Waals surface area contributed by atoms with Gasteiger partial charge >= 0.3 is 0 Å². The van der Waals surface area contributed by atoms with Crippen molar-refractivity contribution in [2.45, 2.75) is 37.4 Å². The number of imidazole rings is 1. The van der Waals surface area contributed by atoms with Crippen molar-refractivity contribution in [2.75, 3.05) is 12.3 Å². The van der Waals surface area contributed by atoms with Crippen molar-refractivity contribution in [1.82, 2.24) is 44.9 Å². The quantitative estimate of drug-likeness (QED) is 0.152. The Morgan fingerprint density at radius 1 is 1.21 bits per heavy atom. The molecule has 1 saturated heterocycles. The summed E-state index contributed by atoms with van der Waals surface area (Å²) in [4.78, 5) is 24.8. The molecule has 1 aliphatic rings. The van der Waals surface area contributed by atoms with Gasteiger partial charge < -0.3 is 20.7 Å². The molecule has 1 fully saturated rings. The zero-order valence-corrected chi connectivity index (χ0v) is 21.0. The van der Waals surface area contributed by atoms with E-state index >= 15 is 0 Å². The van der Waals surface area contributed by atoms with Crippen LogP contribution in [-0.2, 0) is 14.8 Å². The zero-order chi connectivity index (χ0) is 27.6. The number of sulfonamides is 1. The number of anilines is 1. The van der Waals surface area contributed by atoms with Crippen LogP contribution in [-0.4, -0.2) is 89.4 Å². The second-order valence-electron chi connectivity index (χ2n) is 8.64. The van der Waals surface area contributed by atoms with Gasteiger partial charge in [-0.15, -0.1) is 10.2 Å². The predicted molar refractivity (Wildman–Crippen MR) is 135 cm³/mol. The van der Waals surface area contributed by atoms with Crippen molar-refractivity contribution in [3.05, 3.63) is 54.0 Å². The summed E-state index contributed by atoms with van der Waals surface area (Å²) in [6, 6.07) is 6.79. The summed E-state index contributed by atoms with van der Waals surface area (Å²) >= 11 is 0. The van der Waals surface area contributed by atoms with Crippen molar-refractivity contribution in [1.29, 1.82) is 0 Å². The molecule has 1 unspecified atom stereocenters. The molecule has 1 aliphatic heterocycles. The number of nitrogen functional groups attached to an aromatic ring is 1. The number of hydrogen-bond acceptors (Lipinski definition) is 13. The van der Waals surface area contributed by atoms with E-state index in [-0.39, 0.29) is 42.5 Å². The van der Waals surface area contributed by atoms with E-state index in [9.17, 15) is 23.4 Å². The van der Waals surface area contributed by atoms with Crippen molar-refractivity contribution in [3.63, 3.8) is 0 Å². The van der Waals surface area contributed by atoms with Gasteiger partial charge in [-0.05, 0) is 11.6 Å². The summed E-state index contributed by atoms with van der Waals surface area (Å²) in [6.07, 6.45) is -0.796. The molecule has 17 heteroatoms. The van der Waals surface area contributed by atoms with Crippen molar-refractivity contribution in [3.8, 4) is 11.4 Å². The number of ketones is 1. The van der Waals surface area contributed by atoms with Crippen molar-refractivity contribution >= 4 is 32.8 Å². The average molecular weight is 557 g/mol. The topological polar surface area (TPSA) is 237 Å². The number of aliphatic hydroxyl groups is 2. The van der Waals surface area contributed by atoms with Crippen LogP contribution in [0.3, 0.4) is 0 Å². The van der Waals surface area contributed by atoms with Gasteiger partial charge in [-0.1, -0.05) is 30.3 Å². The van der Waals surface area contributed by atoms with Crippen LogP contribution in [0.1, 0.15) is 29.4 Å². The number of aromatic amines is 1. The number of Topliss-reactive ketones (excluding diaryl/α,β-unsaturated/α-hetero) is 1. The summed E-state index contributed by atoms with van der Waals surface area (Å²) in [5.41, 5.74) is 7.29. The van der Waals surface area contributed by atoms with Crippen LogP contribution in [0.4, 0.5) is 5.82 Å². The molecule has 0 radical (unpaired) electrons. The molecule has 0 spiro atoms. The van der Waals surface area contributed by atoms with Crippen LogP contribution in [0, 0.1) is 0 Å². The van der Waals surface area contributed by atoms with Crippen LogP contribution in [0.2, 0.25) is 0 Å². The Morgan fingerprint density at radius 2 is 2.03 bits per heavy atom. The Kier molecular flexibility index (Phi) is 7.40. The summed E-state index contributed by atoms with van der Waals surface area (Å²) in [7, 11) is -3.93. The summed E-state index contributed by atoms with van der Waals surface area (Å²) in [5, 5.41) is 35.5. The molecule has 4 aromatic rings. The highest BCUT2D eigenvalue weighted by Crippen LogP contribution is 2.31. The molecule has 204 valence electrons. The molecule has 5 rings (SSSR count). The minimum absolute atomic E-state index is 0.0478. The molecule has 0 saturated carbocycles. The van der Waals surface area contributed by atoms with Crippen LogP contribution < -0.4 is 10.5 Å². The predicted octanol–water partition coefficient (Wildman–Crippen LogP) is -0.696. The SMILES string of the molecule is Nc1ncnc2c1ncn2C1O[C@H](CNS(=O)(=O)/C=C/CCC(=O)c2ccccc2-c2nn[nH]n2)[C@@H](O)[C@H]1O. The van der Waals surface area contributed by atoms with Crippen molar-refractivity contribution in [2.24, 2.45) is 0 Å². The monoisotopic (exact) mass is 556 g/mol. The van der Waals surface area contributed by atoms with Crippen LogP contribution in [0.15, 0.2) is 48.4 Å². The van der Waals surface area contributed by atoms with E-state index in [2.05, 4.69) is 40.3 Å². The molecule has 4 atom stereocenters. The highest BCUT2D eigenvalue weighted by atomic mass is 32.2. The Bertz CT molecular complexity index is 1610. The molecular formula is C22H24N10O6S. The number of aromatic nitrogens is 8. The molecule has 4 heterocycles. The first-order valence-corrected chi connectivity index (χ1v) is 13.3. The first-order chi connectivity index (χ1) is 18.7. The minimum atomic E-state index is -3.93. The number of nitrogens with two attached hydrogens (primary N) is 1. The van der Waals surface area contributed by atoms with Gasteiger partial charge in [0.15, 0.2) is 23.5 Å². The van der Waals surface area contributed by atoms with Crippen molar-refractivity contribution < 1.29 is 28.2 Å². The molecule has 39 heavy (non-hydrogen) atoms. The number of tetrazole rings is 1. The van der Waals surface area contributed by atoms with Gasteiger partial charge in [0.05, 0.1) is 6.33 Å². The van der Waals surface area contributed by atoms with E-state index in [1.807, 2.05) is 0 Å². The fraction of sp³-hybridized carbons (Fsp3) is 0.318. The second-order valence-corrected chi connectivity index (χ2v) is 10.3. The number of nitrogens with zero attached hydrogens (tertiary/aromatic N) is 7. The molecule has 6 N–H and O–H groups in total. The number of H-pyrrole nitrogens is 1. The van der Waals surface area contributed by atoms with E-state index in [1.54, 1.807) is 24.3 Å². The molecule has 3 aromatic heterocycles. The second kappa shape index (κ2) is 10.9. The zero-order valence-electron chi connectivity index (χ0n) is 20.2. The lowest BCUT2D eigenvalue weighted by molar-refractivity contribution is -0.0329. The molecular weight excluding hydrogens is 532 g/mol. The molecule has 0 bridgehead atoms. The number of carbonyl (C=O) groups is 1. The van der Waals surface area contributed by atoms with Gasteiger partial charge in [0.1, 0.15) is 30.2 Å². The van der Waals surface area contributed by atoms with E-state index in [0.29, 0.717) is 16.6 Å². The standard InChI is InChI=1S/C22H24N10O6S/c23-19-16-21(25-10-24-19)32(11-26-16)22-18(35)17(34)15(38-22)9-27-39(36,37)8-4-3-7-14(33)12-5-1-2-6-13(12)20-28-30-31-29-20/h1-2,4-6,8,10-11,15,17-18,22,27,34-35H,3,7,9H2,(H2,23,24,25)(H,28,29,30,31)/b8-4+/t15-,17-,18-,22?/m1/s1. The highest BCUT2D eigenvalue weighted by Gasteiger charge is 2.44. The molecule has 16 nitrogen and oxygen atoms in total. The largest absolute Gasteiger partial charge is 0.387 e. The number of rotatable bonds is 10. The number of ether oxygens (including phenoxy) is 1. The normalized spacial score (nSPS) is 21.7. The van der Waals surface area contributed by atoms with Gasteiger partial charge in [-0.25, -0.2) is 28.1 Å². The minimum Gasteiger partial charge on any atom is -0.387 e. The maximum absolute atomic E-state index is 12.7. The molecule has 0 aliphatic carbocycles. The average Bonchev–Trinajstić information content (AvgIpc) is 3.67. The Labute approximate surface area is 221 Å². The number of benzene rings is 1. The van der Waals surface area contributed by atoms with Crippen LogP contribution >= 0.6 is 0 Å². The fourth-order valence-electron chi connectivity index (χ4n) is 4.17. The number of hydrogen-bond donors (Lipinski definition) is 5. The first kappa shape index (κ1) is 26.4. The maximum atomic E-state index is 12.7. The van der Waals surface area contributed by atoms with Gasteiger partial charge in [-0.3, -0.25) is 9.36 Å². The maximum Gasteiger partial charge on any atom is 0.233 e. The Morgan fingerprint density at radius 3 is 2.82 bits per heavy atom. The number of carbonyl (C=O) groups excluding carboxylic acids is 1.